The van der Waals surface area contributed by atoms with Crippen LogP contribution in [0.25, 0.3) is 0 Å². The first-order chi connectivity index (χ1) is 11.4. The van der Waals surface area contributed by atoms with Crippen molar-refractivity contribution in [3.05, 3.63) is 66.2 Å². The van der Waals surface area contributed by atoms with Crippen molar-refractivity contribution in [1.29, 1.82) is 0 Å². The SMILES string of the molecule is NC(=O)[C@@H](CCS(=O)(=O)c1ccccc1)NC(=O)c1ccccc1. The van der Waals surface area contributed by atoms with Gasteiger partial charge in [0.05, 0.1) is 10.6 Å². The third kappa shape index (κ3) is 4.66. The van der Waals surface area contributed by atoms with Crippen molar-refractivity contribution in [3.63, 3.8) is 0 Å². The average Bonchev–Trinajstić information content (AvgIpc) is 2.59. The molecule has 24 heavy (non-hydrogen) atoms. The number of sulfone groups is 1. The zero-order valence-electron chi connectivity index (χ0n) is 12.9. The third-order valence-corrected chi connectivity index (χ3v) is 5.23. The van der Waals surface area contributed by atoms with Crippen molar-refractivity contribution in [2.75, 3.05) is 5.75 Å². The number of carbonyl (C=O) groups is 2. The molecule has 2 aromatic carbocycles. The van der Waals surface area contributed by atoms with E-state index in [4.69, 9.17) is 5.73 Å². The van der Waals surface area contributed by atoms with Crippen LogP contribution in [0, 0.1) is 0 Å². The van der Waals surface area contributed by atoms with Gasteiger partial charge in [-0.15, -0.1) is 0 Å². The van der Waals surface area contributed by atoms with E-state index in [9.17, 15) is 18.0 Å². The Kier molecular flexibility index (Phi) is 5.70. The minimum Gasteiger partial charge on any atom is -0.368 e. The molecule has 0 unspecified atom stereocenters. The van der Waals surface area contributed by atoms with Crippen molar-refractivity contribution >= 4 is 21.7 Å². The molecule has 0 saturated heterocycles. The van der Waals surface area contributed by atoms with Gasteiger partial charge in [-0.3, -0.25) is 9.59 Å². The van der Waals surface area contributed by atoms with E-state index < -0.39 is 27.7 Å². The van der Waals surface area contributed by atoms with Crippen LogP contribution >= 0.6 is 0 Å². The topological polar surface area (TPSA) is 106 Å². The summed E-state index contributed by atoms with van der Waals surface area (Å²) in [5.74, 6) is -1.54. The number of hydrogen-bond acceptors (Lipinski definition) is 4. The predicted molar refractivity (Wildman–Crippen MR) is 90.0 cm³/mol. The summed E-state index contributed by atoms with van der Waals surface area (Å²) in [5, 5.41) is 2.48. The van der Waals surface area contributed by atoms with Gasteiger partial charge in [-0.05, 0) is 30.7 Å². The van der Waals surface area contributed by atoms with Gasteiger partial charge in [0.1, 0.15) is 6.04 Å². The molecule has 2 amide bonds. The van der Waals surface area contributed by atoms with Gasteiger partial charge in [0, 0.05) is 5.56 Å². The molecule has 2 aromatic rings. The molecule has 6 nitrogen and oxygen atoms in total. The lowest BCUT2D eigenvalue weighted by atomic mass is 10.1. The van der Waals surface area contributed by atoms with Crippen LogP contribution in [-0.4, -0.2) is 32.0 Å². The van der Waals surface area contributed by atoms with Gasteiger partial charge >= 0.3 is 0 Å². The van der Waals surface area contributed by atoms with Crippen molar-refractivity contribution in [1.82, 2.24) is 5.32 Å². The Morgan fingerprint density at radius 3 is 2.04 bits per heavy atom. The van der Waals surface area contributed by atoms with Crippen molar-refractivity contribution in [2.45, 2.75) is 17.4 Å². The summed E-state index contributed by atoms with van der Waals surface area (Å²) in [6, 6.07) is 15.2. The van der Waals surface area contributed by atoms with E-state index in [2.05, 4.69) is 5.32 Å². The lowest BCUT2D eigenvalue weighted by molar-refractivity contribution is -0.119. The molecule has 0 fully saturated rings. The van der Waals surface area contributed by atoms with Gasteiger partial charge in [-0.2, -0.15) is 0 Å². The maximum absolute atomic E-state index is 12.3. The lowest BCUT2D eigenvalue weighted by Gasteiger charge is -2.15. The first-order valence-electron chi connectivity index (χ1n) is 7.33. The highest BCUT2D eigenvalue weighted by molar-refractivity contribution is 7.91. The standard InChI is InChI=1S/C17H18N2O4S/c18-16(20)15(19-17(21)13-7-3-1-4-8-13)11-12-24(22,23)14-9-5-2-6-10-14/h1-10,15H,11-12H2,(H2,18,20)(H,19,21)/t15-/m1/s1. The van der Waals surface area contributed by atoms with Crippen molar-refractivity contribution < 1.29 is 18.0 Å². The van der Waals surface area contributed by atoms with Gasteiger partial charge in [-0.25, -0.2) is 8.42 Å². The first-order valence-corrected chi connectivity index (χ1v) is 8.98. The van der Waals surface area contributed by atoms with Gasteiger partial charge in [0.25, 0.3) is 5.91 Å². The quantitative estimate of drug-likeness (QED) is 0.784. The maximum atomic E-state index is 12.3. The Hall–Kier alpha value is -2.67. The first kappa shape index (κ1) is 17.7. The predicted octanol–water partition coefficient (Wildman–Crippen LogP) is 1.13. The molecule has 126 valence electrons. The number of primary amides is 1. The van der Waals surface area contributed by atoms with E-state index in [1.807, 2.05) is 0 Å². The molecule has 0 radical (unpaired) electrons. The monoisotopic (exact) mass is 346 g/mol. The zero-order valence-corrected chi connectivity index (χ0v) is 13.7. The van der Waals surface area contributed by atoms with E-state index in [0.717, 1.165) is 0 Å². The molecule has 0 aliphatic heterocycles. The maximum Gasteiger partial charge on any atom is 0.251 e. The van der Waals surface area contributed by atoms with E-state index >= 15 is 0 Å². The molecule has 0 bridgehead atoms. The normalized spacial score (nSPS) is 12.3. The number of nitrogens with one attached hydrogen (secondary N) is 1. The Labute approximate surface area is 140 Å². The highest BCUT2D eigenvalue weighted by Crippen LogP contribution is 2.12. The summed E-state index contributed by atoms with van der Waals surface area (Å²) >= 11 is 0. The lowest BCUT2D eigenvalue weighted by Crippen LogP contribution is -2.45. The molecular formula is C17H18N2O4S. The Morgan fingerprint density at radius 2 is 1.50 bits per heavy atom. The summed E-state index contributed by atoms with van der Waals surface area (Å²) in [5.41, 5.74) is 5.65. The second kappa shape index (κ2) is 7.74. The fourth-order valence-corrected chi connectivity index (χ4v) is 3.49. The van der Waals surface area contributed by atoms with E-state index in [1.165, 1.54) is 12.1 Å². The molecule has 0 heterocycles. The summed E-state index contributed by atoms with van der Waals surface area (Å²) in [7, 11) is -3.55. The number of amides is 2. The largest absolute Gasteiger partial charge is 0.368 e. The van der Waals surface area contributed by atoms with Crippen LogP contribution in [-0.2, 0) is 14.6 Å². The zero-order chi connectivity index (χ0) is 17.6. The van der Waals surface area contributed by atoms with Crippen LogP contribution in [0.15, 0.2) is 65.6 Å². The molecule has 1 atom stereocenters. The molecule has 3 N–H and O–H groups in total. The van der Waals surface area contributed by atoms with Crippen LogP contribution in [0.1, 0.15) is 16.8 Å². The average molecular weight is 346 g/mol. The van der Waals surface area contributed by atoms with Gasteiger partial charge < -0.3 is 11.1 Å². The number of carbonyl (C=O) groups excluding carboxylic acids is 2. The number of nitrogens with two attached hydrogens (primary N) is 1. The Bertz CT molecular complexity index is 805. The number of benzene rings is 2. The second-order valence-electron chi connectivity index (χ2n) is 5.22. The molecular weight excluding hydrogens is 328 g/mol. The summed E-state index contributed by atoms with van der Waals surface area (Å²) in [6.45, 7) is 0. The van der Waals surface area contributed by atoms with Gasteiger partial charge in [0.2, 0.25) is 5.91 Å². The fourth-order valence-electron chi connectivity index (χ4n) is 2.14. The Balaban J connectivity index is 2.04. The minimum absolute atomic E-state index is 0.0921. The van der Waals surface area contributed by atoms with Crippen LogP contribution in [0.2, 0.25) is 0 Å². The van der Waals surface area contributed by atoms with Crippen LogP contribution in [0.5, 0.6) is 0 Å². The second-order valence-corrected chi connectivity index (χ2v) is 7.32. The van der Waals surface area contributed by atoms with E-state index in [0.29, 0.717) is 5.56 Å². The highest BCUT2D eigenvalue weighted by atomic mass is 32.2. The Morgan fingerprint density at radius 1 is 0.958 bits per heavy atom. The van der Waals surface area contributed by atoms with Gasteiger partial charge in [0.15, 0.2) is 9.84 Å². The third-order valence-electron chi connectivity index (χ3n) is 3.46. The van der Waals surface area contributed by atoms with E-state index in [-0.39, 0.29) is 17.1 Å². The smallest absolute Gasteiger partial charge is 0.251 e. The van der Waals surface area contributed by atoms with Gasteiger partial charge in [-0.1, -0.05) is 36.4 Å². The van der Waals surface area contributed by atoms with Crippen molar-refractivity contribution in [2.24, 2.45) is 5.73 Å². The van der Waals surface area contributed by atoms with Crippen LogP contribution < -0.4 is 11.1 Å². The highest BCUT2D eigenvalue weighted by Gasteiger charge is 2.23. The number of rotatable bonds is 7. The molecule has 0 aromatic heterocycles. The summed E-state index contributed by atoms with van der Waals surface area (Å²) < 4.78 is 24.5. The number of hydrogen-bond donors (Lipinski definition) is 2. The summed E-state index contributed by atoms with van der Waals surface area (Å²) in [6.07, 6.45) is -0.0921. The molecule has 0 saturated carbocycles. The van der Waals surface area contributed by atoms with Crippen LogP contribution in [0.4, 0.5) is 0 Å². The minimum atomic E-state index is -3.55. The molecule has 7 heteroatoms. The van der Waals surface area contributed by atoms with Crippen molar-refractivity contribution in [3.8, 4) is 0 Å². The van der Waals surface area contributed by atoms with Crippen LogP contribution in [0.3, 0.4) is 0 Å². The fraction of sp³-hybridized carbons (Fsp3) is 0.176. The molecule has 0 aliphatic carbocycles. The molecule has 0 aliphatic rings. The molecule has 2 rings (SSSR count). The molecule has 0 spiro atoms. The summed E-state index contributed by atoms with van der Waals surface area (Å²) in [4.78, 5) is 23.8. The van der Waals surface area contributed by atoms with E-state index in [1.54, 1.807) is 48.5 Å².